The highest BCUT2D eigenvalue weighted by Crippen LogP contribution is 2.30. The third-order valence-corrected chi connectivity index (χ3v) is 2.56. The van der Waals surface area contributed by atoms with Gasteiger partial charge in [-0.3, -0.25) is 4.79 Å². The van der Waals surface area contributed by atoms with Crippen LogP contribution in [0, 0.1) is 5.41 Å². The Kier molecular flexibility index (Phi) is 5.40. The van der Waals surface area contributed by atoms with Gasteiger partial charge < -0.3 is 9.47 Å². The summed E-state index contributed by atoms with van der Waals surface area (Å²) in [6.07, 6.45) is 0.520. The van der Waals surface area contributed by atoms with Crippen molar-refractivity contribution in [1.29, 1.82) is 0 Å². The summed E-state index contributed by atoms with van der Waals surface area (Å²) in [7, 11) is 0. The maximum Gasteiger partial charge on any atom is 0.163 e. The smallest absolute Gasteiger partial charge is 0.163 e. The summed E-state index contributed by atoms with van der Waals surface area (Å²) in [4.78, 5) is 12.2. The Morgan fingerprint density at radius 2 is 1.63 bits per heavy atom. The minimum Gasteiger partial charge on any atom is -0.490 e. The summed E-state index contributed by atoms with van der Waals surface area (Å²) in [5.74, 6) is 1.47. The standard InChI is InChI=1S/C16H24O3/c1-6-18-14-9-8-12(10-15(14)19-7-2)13(17)11-16(3,4)5/h8-10H,6-7,11H2,1-5H3. The van der Waals surface area contributed by atoms with E-state index in [1.165, 1.54) is 0 Å². The zero-order valence-electron chi connectivity index (χ0n) is 12.6. The van der Waals surface area contributed by atoms with Crippen LogP contribution in [0.5, 0.6) is 11.5 Å². The molecule has 1 aromatic rings. The molecule has 0 bridgehead atoms. The van der Waals surface area contributed by atoms with Crippen molar-refractivity contribution in [3.8, 4) is 11.5 Å². The summed E-state index contributed by atoms with van der Waals surface area (Å²) in [5.41, 5.74) is 0.670. The van der Waals surface area contributed by atoms with Crippen LogP contribution in [0.4, 0.5) is 0 Å². The normalized spacial score (nSPS) is 11.2. The number of hydrogen-bond donors (Lipinski definition) is 0. The first-order chi connectivity index (χ1) is 8.87. The van der Waals surface area contributed by atoms with Crippen molar-refractivity contribution in [2.45, 2.75) is 41.0 Å². The summed E-state index contributed by atoms with van der Waals surface area (Å²) < 4.78 is 11.0. The molecule has 106 valence electrons. The van der Waals surface area contributed by atoms with Gasteiger partial charge in [0.25, 0.3) is 0 Å². The maximum absolute atomic E-state index is 12.2. The highest BCUT2D eigenvalue weighted by Gasteiger charge is 2.18. The number of rotatable bonds is 6. The van der Waals surface area contributed by atoms with Crippen LogP contribution in [0.1, 0.15) is 51.4 Å². The van der Waals surface area contributed by atoms with Crippen molar-refractivity contribution < 1.29 is 14.3 Å². The second-order valence-corrected chi connectivity index (χ2v) is 5.69. The Bertz CT molecular complexity index is 430. The predicted molar refractivity (Wildman–Crippen MR) is 77.2 cm³/mol. The largest absolute Gasteiger partial charge is 0.490 e. The van der Waals surface area contributed by atoms with Crippen LogP contribution in [0.3, 0.4) is 0 Å². The van der Waals surface area contributed by atoms with Gasteiger partial charge in [-0.25, -0.2) is 0 Å². The topological polar surface area (TPSA) is 35.5 Å². The van der Waals surface area contributed by atoms with E-state index in [4.69, 9.17) is 9.47 Å². The second-order valence-electron chi connectivity index (χ2n) is 5.69. The molecular formula is C16H24O3. The van der Waals surface area contributed by atoms with Gasteiger partial charge in [-0.05, 0) is 37.5 Å². The molecular weight excluding hydrogens is 240 g/mol. The van der Waals surface area contributed by atoms with Crippen LogP contribution in [0.25, 0.3) is 0 Å². The van der Waals surface area contributed by atoms with Crippen molar-refractivity contribution in [2.24, 2.45) is 5.41 Å². The average Bonchev–Trinajstić information content (AvgIpc) is 2.29. The average molecular weight is 264 g/mol. The molecule has 0 heterocycles. The fourth-order valence-electron chi connectivity index (χ4n) is 1.81. The second kappa shape index (κ2) is 6.60. The van der Waals surface area contributed by atoms with E-state index >= 15 is 0 Å². The van der Waals surface area contributed by atoms with Crippen molar-refractivity contribution >= 4 is 5.78 Å². The van der Waals surface area contributed by atoms with Crippen molar-refractivity contribution in [3.05, 3.63) is 23.8 Å². The molecule has 1 aromatic carbocycles. The Hall–Kier alpha value is -1.51. The third kappa shape index (κ3) is 4.93. The molecule has 0 aromatic heterocycles. The van der Waals surface area contributed by atoms with Gasteiger partial charge in [0.15, 0.2) is 17.3 Å². The lowest BCUT2D eigenvalue weighted by molar-refractivity contribution is 0.0939. The number of ketones is 1. The molecule has 0 aliphatic rings. The number of carbonyl (C=O) groups excluding carboxylic acids is 1. The van der Waals surface area contributed by atoms with Gasteiger partial charge in [-0.1, -0.05) is 20.8 Å². The molecule has 1 rings (SSSR count). The van der Waals surface area contributed by atoms with Gasteiger partial charge in [0.2, 0.25) is 0 Å². The van der Waals surface area contributed by atoms with Crippen LogP contribution in [0.2, 0.25) is 0 Å². The SMILES string of the molecule is CCOc1ccc(C(=O)CC(C)(C)C)cc1OCC. The third-order valence-electron chi connectivity index (χ3n) is 2.56. The van der Waals surface area contributed by atoms with E-state index < -0.39 is 0 Å². The van der Waals surface area contributed by atoms with E-state index in [9.17, 15) is 4.79 Å². The first kappa shape index (κ1) is 15.5. The molecule has 0 saturated heterocycles. The molecule has 0 radical (unpaired) electrons. The van der Waals surface area contributed by atoms with Crippen LogP contribution in [-0.2, 0) is 0 Å². The lowest BCUT2D eigenvalue weighted by Crippen LogP contribution is -2.13. The zero-order chi connectivity index (χ0) is 14.5. The predicted octanol–water partition coefficient (Wildman–Crippen LogP) is 4.10. The van der Waals surface area contributed by atoms with E-state index in [1.54, 1.807) is 6.07 Å². The lowest BCUT2D eigenvalue weighted by Gasteiger charge is -2.17. The minimum atomic E-state index is -0.0125. The van der Waals surface area contributed by atoms with E-state index in [0.717, 1.165) is 0 Å². The van der Waals surface area contributed by atoms with Crippen LogP contribution in [-0.4, -0.2) is 19.0 Å². The lowest BCUT2D eigenvalue weighted by atomic mass is 9.88. The molecule has 0 fully saturated rings. The highest BCUT2D eigenvalue weighted by atomic mass is 16.5. The molecule has 0 aliphatic heterocycles. The summed E-state index contributed by atoms with van der Waals surface area (Å²) in [6, 6.07) is 5.40. The van der Waals surface area contributed by atoms with E-state index in [2.05, 4.69) is 20.8 Å². The van der Waals surface area contributed by atoms with Crippen LogP contribution >= 0.6 is 0 Å². The molecule has 0 amide bonds. The van der Waals surface area contributed by atoms with Crippen LogP contribution in [0.15, 0.2) is 18.2 Å². The number of benzene rings is 1. The minimum absolute atomic E-state index is 0.0125. The number of carbonyl (C=O) groups is 1. The Morgan fingerprint density at radius 3 is 2.16 bits per heavy atom. The van der Waals surface area contributed by atoms with Gasteiger partial charge in [0, 0.05) is 12.0 Å². The zero-order valence-corrected chi connectivity index (χ0v) is 12.6. The van der Waals surface area contributed by atoms with E-state index in [-0.39, 0.29) is 11.2 Å². The molecule has 0 unspecified atom stereocenters. The molecule has 0 atom stereocenters. The number of Topliss-reactive ketones (excluding diaryl/α,β-unsaturated/α-hetero) is 1. The highest BCUT2D eigenvalue weighted by molar-refractivity contribution is 5.97. The number of hydrogen-bond acceptors (Lipinski definition) is 3. The molecule has 0 N–H and O–H groups in total. The monoisotopic (exact) mass is 264 g/mol. The summed E-state index contributed by atoms with van der Waals surface area (Å²) in [5, 5.41) is 0. The molecule has 3 nitrogen and oxygen atoms in total. The van der Waals surface area contributed by atoms with Gasteiger partial charge in [-0.2, -0.15) is 0 Å². The van der Waals surface area contributed by atoms with E-state index in [0.29, 0.717) is 36.7 Å². The Balaban J connectivity index is 2.97. The van der Waals surface area contributed by atoms with Crippen LogP contribution < -0.4 is 9.47 Å². The van der Waals surface area contributed by atoms with Gasteiger partial charge in [0.05, 0.1) is 13.2 Å². The summed E-state index contributed by atoms with van der Waals surface area (Å²) >= 11 is 0. The Labute approximate surface area is 115 Å². The summed E-state index contributed by atoms with van der Waals surface area (Å²) in [6.45, 7) is 11.1. The van der Waals surface area contributed by atoms with Gasteiger partial charge >= 0.3 is 0 Å². The quantitative estimate of drug-likeness (QED) is 0.725. The van der Waals surface area contributed by atoms with E-state index in [1.807, 2.05) is 26.0 Å². The first-order valence-corrected chi connectivity index (χ1v) is 6.80. The van der Waals surface area contributed by atoms with Crippen molar-refractivity contribution in [2.75, 3.05) is 13.2 Å². The molecule has 3 heteroatoms. The maximum atomic E-state index is 12.2. The molecule has 0 saturated carbocycles. The fraction of sp³-hybridized carbons (Fsp3) is 0.562. The fourth-order valence-corrected chi connectivity index (χ4v) is 1.81. The Morgan fingerprint density at radius 1 is 1.05 bits per heavy atom. The van der Waals surface area contributed by atoms with Gasteiger partial charge in [-0.15, -0.1) is 0 Å². The van der Waals surface area contributed by atoms with Gasteiger partial charge in [0.1, 0.15) is 0 Å². The van der Waals surface area contributed by atoms with Crippen molar-refractivity contribution in [3.63, 3.8) is 0 Å². The first-order valence-electron chi connectivity index (χ1n) is 6.80. The molecule has 0 spiro atoms. The number of ether oxygens (including phenoxy) is 2. The van der Waals surface area contributed by atoms with Crippen molar-refractivity contribution in [1.82, 2.24) is 0 Å². The molecule has 19 heavy (non-hydrogen) atoms. The molecule has 0 aliphatic carbocycles.